The summed E-state index contributed by atoms with van der Waals surface area (Å²) < 4.78 is 53.6. The molecular formula is C24H26FNO4S2. The number of sulfonamides is 1. The van der Waals surface area contributed by atoms with Crippen LogP contribution in [0.15, 0.2) is 64.9 Å². The molecule has 5 nitrogen and oxygen atoms in total. The van der Waals surface area contributed by atoms with Gasteiger partial charge >= 0.3 is 0 Å². The highest BCUT2D eigenvalue weighted by atomic mass is 32.2. The second kappa shape index (κ2) is 10.0. The first-order valence-electron chi connectivity index (χ1n) is 10.6. The third-order valence-corrected chi connectivity index (χ3v) is 8.40. The number of benzene rings is 2. The lowest BCUT2D eigenvalue weighted by Crippen LogP contribution is -2.38. The maximum atomic E-state index is 13.8. The largest absolute Gasteiger partial charge is 0.493 e. The lowest BCUT2D eigenvalue weighted by Gasteiger charge is -2.28. The van der Waals surface area contributed by atoms with E-state index in [0.717, 1.165) is 42.2 Å². The molecule has 1 fully saturated rings. The molecule has 0 radical (unpaired) electrons. The van der Waals surface area contributed by atoms with E-state index in [0.29, 0.717) is 18.1 Å². The van der Waals surface area contributed by atoms with E-state index in [1.54, 1.807) is 24.5 Å². The molecule has 1 heterocycles. The monoisotopic (exact) mass is 475 g/mol. The van der Waals surface area contributed by atoms with Gasteiger partial charge in [0.15, 0.2) is 11.5 Å². The highest BCUT2D eigenvalue weighted by molar-refractivity contribution is 7.89. The van der Waals surface area contributed by atoms with Crippen LogP contribution in [0, 0.1) is 5.82 Å². The third kappa shape index (κ3) is 5.14. The van der Waals surface area contributed by atoms with E-state index in [2.05, 4.69) is 0 Å². The molecule has 170 valence electrons. The van der Waals surface area contributed by atoms with Crippen LogP contribution in [0.3, 0.4) is 0 Å². The van der Waals surface area contributed by atoms with Crippen molar-refractivity contribution in [3.05, 3.63) is 76.2 Å². The van der Waals surface area contributed by atoms with Gasteiger partial charge in [0.05, 0.1) is 12.0 Å². The molecule has 32 heavy (non-hydrogen) atoms. The van der Waals surface area contributed by atoms with E-state index in [-0.39, 0.29) is 17.5 Å². The fourth-order valence-corrected chi connectivity index (χ4v) is 6.34. The Hall–Kier alpha value is -2.42. The van der Waals surface area contributed by atoms with Gasteiger partial charge in [0, 0.05) is 17.5 Å². The molecule has 8 heteroatoms. The molecule has 3 aromatic rings. The van der Waals surface area contributed by atoms with Crippen LogP contribution in [0.4, 0.5) is 4.39 Å². The molecule has 0 unspecified atom stereocenters. The van der Waals surface area contributed by atoms with Crippen molar-refractivity contribution in [1.82, 2.24) is 4.31 Å². The Labute approximate surface area is 192 Å². The number of hydrogen-bond acceptors (Lipinski definition) is 5. The van der Waals surface area contributed by atoms with Crippen LogP contribution in [-0.4, -0.2) is 25.9 Å². The number of ether oxygens (including phenoxy) is 2. The Balaban J connectivity index is 1.62. The number of hydrogen-bond donors (Lipinski definition) is 0. The zero-order valence-corrected chi connectivity index (χ0v) is 19.5. The minimum Gasteiger partial charge on any atom is -0.493 e. The fourth-order valence-electron chi connectivity index (χ4n) is 4.02. The van der Waals surface area contributed by atoms with Gasteiger partial charge in [-0.2, -0.15) is 4.31 Å². The SMILES string of the molecule is COc1ccc(CN(C2CCCC2)S(=O)(=O)c2cccc(F)c2)cc1OCc1cccs1. The van der Waals surface area contributed by atoms with E-state index in [9.17, 15) is 12.8 Å². The molecule has 0 aliphatic heterocycles. The van der Waals surface area contributed by atoms with Crippen molar-refractivity contribution in [2.45, 2.75) is 49.8 Å². The van der Waals surface area contributed by atoms with Gasteiger partial charge in [0.25, 0.3) is 0 Å². The summed E-state index contributed by atoms with van der Waals surface area (Å²) in [4.78, 5) is 1.06. The fraction of sp³-hybridized carbons (Fsp3) is 0.333. The standard InChI is InChI=1S/C24H26FNO4S2/c1-29-23-12-11-18(14-24(23)30-17-21-9-5-13-31-21)16-26(20-7-2-3-8-20)32(27,28)22-10-4-6-19(25)15-22/h4-6,9-15,20H,2-3,7-8,16-17H2,1H3. The Kier molecular flexibility index (Phi) is 7.13. The van der Waals surface area contributed by atoms with E-state index < -0.39 is 15.8 Å². The molecule has 0 atom stereocenters. The average molecular weight is 476 g/mol. The van der Waals surface area contributed by atoms with Gasteiger partial charge in [-0.15, -0.1) is 11.3 Å². The highest BCUT2D eigenvalue weighted by Gasteiger charge is 2.33. The van der Waals surface area contributed by atoms with E-state index in [1.165, 1.54) is 22.5 Å². The summed E-state index contributed by atoms with van der Waals surface area (Å²) >= 11 is 1.61. The van der Waals surface area contributed by atoms with Crippen molar-refractivity contribution in [3.63, 3.8) is 0 Å². The van der Waals surface area contributed by atoms with Crippen LogP contribution in [0.25, 0.3) is 0 Å². The van der Waals surface area contributed by atoms with Gasteiger partial charge in [0.2, 0.25) is 10.0 Å². The minimum atomic E-state index is -3.86. The minimum absolute atomic E-state index is 0.0212. The van der Waals surface area contributed by atoms with Gasteiger partial charge < -0.3 is 9.47 Å². The van der Waals surface area contributed by atoms with Crippen LogP contribution in [0.1, 0.15) is 36.1 Å². The van der Waals surface area contributed by atoms with Gasteiger partial charge in [-0.25, -0.2) is 12.8 Å². The first-order chi connectivity index (χ1) is 15.5. The molecule has 1 saturated carbocycles. The van der Waals surface area contributed by atoms with Crippen molar-refractivity contribution in [1.29, 1.82) is 0 Å². The lowest BCUT2D eigenvalue weighted by atomic mass is 10.1. The zero-order chi connectivity index (χ0) is 22.6. The zero-order valence-electron chi connectivity index (χ0n) is 17.9. The second-order valence-electron chi connectivity index (χ2n) is 7.80. The van der Waals surface area contributed by atoms with Gasteiger partial charge in [0.1, 0.15) is 12.4 Å². The predicted molar refractivity (Wildman–Crippen MR) is 123 cm³/mol. The van der Waals surface area contributed by atoms with E-state index >= 15 is 0 Å². The molecule has 1 aliphatic rings. The van der Waals surface area contributed by atoms with Crippen LogP contribution in [0.2, 0.25) is 0 Å². The molecular weight excluding hydrogens is 449 g/mol. The number of halogens is 1. The Morgan fingerprint density at radius 2 is 1.88 bits per heavy atom. The third-order valence-electron chi connectivity index (χ3n) is 5.65. The van der Waals surface area contributed by atoms with Gasteiger partial charge in [-0.1, -0.05) is 31.0 Å². The first-order valence-corrected chi connectivity index (χ1v) is 12.9. The lowest BCUT2D eigenvalue weighted by molar-refractivity contribution is 0.285. The van der Waals surface area contributed by atoms with Crippen molar-refractivity contribution in [2.75, 3.05) is 7.11 Å². The number of nitrogens with zero attached hydrogens (tertiary/aromatic N) is 1. The summed E-state index contributed by atoms with van der Waals surface area (Å²) in [6, 6.07) is 14.5. The van der Waals surface area contributed by atoms with Crippen molar-refractivity contribution in [3.8, 4) is 11.5 Å². The molecule has 0 saturated heterocycles. The summed E-state index contributed by atoms with van der Waals surface area (Å²) in [5.74, 6) is 0.588. The molecule has 0 N–H and O–H groups in total. The maximum Gasteiger partial charge on any atom is 0.243 e. The van der Waals surface area contributed by atoms with Crippen molar-refractivity contribution in [2.24, 2.45) is 0 Å². The Bertz CT molecular complexity index is 1140. The summed E-state index contributed by atoms with van der Waals surface area (Å²) in [7, 11) is -2.28. The van der Waals surface area contributed by atoms with Crippen molar-refractivity contribution < 1.29 is 22.3 Å². The number of rotatable bonds is 9. The normalized spacial score (nSPS) is 14.7. The predicted octanol–water partition coefficient (Wildman–Crippen LogP) is 5.61. The topological polar surface area (TPSA) is 55.8 Å². The summed E-state index contributed by atoms with van der Waals surface area (Å²) in [6.07, 6.45) is 3.56. The van der Waals surface area contributed by atoms with Crippen LogP contribution >= 0.6 is 11.3 Å². The van der Waals surface area contributed by atoms with E-state index in [4.69, 9.17) is 9.47 Å². The summed E-state index contributed by atoms with van der Waals surface area (Å²) in [5, 5.41) is 1.99. The first kappa shape index (κ1) is 22.8. The molecule has 4 rings (SSSR count). The number of thiophene rings is 1. The highest BCUT2D eigenvalue weighted by Crippen LogP contribution is 2.34. The van der Waals surface area contributed by atoms with Crippen LogP contribution < -0.4 is 9.47 Å². The maximum absolute atomic E-state index is 13.8. The molecule has 0 spiro atoms. The van der Waals surface area contributed by atoms with Crippen LogP contribution in [0.5, 0.6) is 11.5 Å². The molecule has 0 amide bonds. The smallest absolute Gasteiger partial charge is 0.243 e. The number of methoxy groups -OCH3 is 1. The Morgan fingerprint density at radius 1 is 1.06 bits per heavy atom. The molecule has 1 aromatic heterocycles. The summed E-state index contributed by atoms with van der Waals surface area (Å²) in [6.45, 7) is 0.592. The molecule has 1 aliphatic carbocycles. The average Bonchev–Trinajstić information content (AvgIpc) is 3.50. The van der Waals surface area contributed by atoms with Crippen molar-refractivity contribution >= 4 is 21.4 Å². The Morgan fingerprint density at radius 3 is 2.56 bits per heavy atom. The van der Waals surface area contributed by atoms with Gasteiger partial charge in [-0.3, -0.25) is 0 Å². The summed E-state index contributed by atoms with van der Waals surface area (Å²) in [5.41, 5.74) is 0.791. The second-order valence-corrected chi connectivity index (χ2v) is 10.7. The van der Waals surface area contributed by atoms with E-state index in [1.807, 2.05) is 29.6 Å². The molecule has 0 bridgehead atoms. The van der Waals surface area contributed by atoms with Gasteiger partial charge in [-0.05, 0) is 60.2 Å². The van der Waals surface area contributed by atoms with Crippen LogP contribution in [-0.2, 0) is 23.2 Å². The quantitative estimate of drug-likeness (QED) is 0.404. The molecule has 2 aromatic carbocycles.